The van der Waals surface area contributed by atoms with Crippen LogP contribution in [0, 0.1) is 28.1 Å². The first-order chi connectivity index (χ1) is 22.4. The molecular formula is C34H54F3N5O7. The third-order valence-corrected chi connectivity index (χ3v) is 10.1. The molecule has 0 spiro atoms. The zero-order valence-electron chi connectivity index (χ0n) is 30.1. The Morgan fingerprint density at radius 3 is 1.92 bits per heavy atom. The van der Waals surface area contributed by atoms with E-state index in [9.17, 15) is 41.9 Å². The molecule has 1 unspecified atom stereocenters. The number of hydrogen-bond donors (Lipinski definition) is 4. The number of urea groups is 1. The molecule has 0 radical (unpaired) electrons. The van der Waals surface area contributed by atoms with Crippen molar-refractivity contribution in [1.82, 2.24) is 26.2 Å². The maximum Gasteiger partial charge on any atom is 0.389 e. The molecule has 0 aromatic heterocycles. The molecule has 0 aromatic rings. The number of alkyl halides is 3. The number of carbonyl (C=O) groups excluding carboxylic acids is 6. The van der Waals surface area contributed by atoms with Gasteiger partial charge in [-0.25, -0.2) is 9.59 Å². The van der Waals surface area contributed by atoms with Crippen molar-refractivity contribution in [3.8, 4) is 0 Å². The van der Waals surface area contributed by atoms with Gasteiger partial charge in [0.25, 0.3) is 5.91 Å². The Morgan fingerprint density at radius 1 is 0.878 bits per heavy atom. The monoisotopic (exact) mass is 701 g/mol. The van der Waals surface area contributed by atoms with Gasteiger partial charge in [0, 0.05) is 20.0 Å². The second-order valence-corrected chi connectivity index (χ2v) is 16.6. The maximum atomic E-state index is 14.4. The Hall–Kier alpha value is -3.39. The fourth-order valence-electron chi connectivity index (χ4n) is 7.26. The number of Topliss-reactive ketones (excluding diaryl/α,β-unsaturated/α-hetero) is 1. The van der Waals surface area contributed by atoms with Gasteiger partial charge >= 0.3 is 18.2 Å². The minimum absolute atomic E-state index is 0.138. The second-order valence-electron chi connectivity index (χ2n) is 16.6. The topological polar surface area (TPSA) is 163 Å². The number of nitrogens with zero attached hydrogens (tertiary/aromatic N) is 1. The summed E-state index contributed by atoms with van der Waals surface area (Å²) in [4.78, 5) is 81.1. The Balaban J connectivity index is 1.86. The lowest BCUT2D eigenvalue weighted by atomic mass is 9.55. The number of halogens is 3. The number of fused-ring (bicyclic) bond motifs is 1. The van der Waals surface area contributed by atoms with Gasteiger partial charge in [0.2, 0.25) is 17.6 Å². The first kappa shape index (κ1) is 40.0. The van der Waals surface area contributed by atoms with Gasteiger partial charge in [0.1, 0.15) is 24.2 Å². The van der Waals surface area contributed by atoms with E-state index in [1.165, 1.54) is 4.90 Å². The highest BCUT2D eigenvalue weighted by atomic mass is 19.4. The number of nitrogens with one attached hydrogen (secondary N) is 4. The van der Waals surface area contributed by atoms with Crippen molar-refractivity contribution in [1.29, 1.82) is 0 Å². The summed E-state index contributed by atoms with van der Waals surface area (Å²) in [6.45, 7) is 14.6. The highest BCUT2D eigenvalue weighted by Crippen LogP contribution is 2.57. The van der Waals surface area contributed by atoms with Crippen LogP contribution in [0.2, 0.25) is 0 Å². The fraction of sp³-hybridized carbons (Fsp3) is 0.824. The smallest absolute Gasteiger partial charge is 0.389 e. The lowest BCUT2D eigenvalue weighted by molar-refractivity contribution is -0.154. The van der Waals surface area contributed by atoms with Crippen LogP contribution in [0.5, 0.6) is 0 Å². The van der Waals surface area contributed by atoms with Gasteiger partial charge in [-0.05, 0) is 66.6 Å². The molecule has 1 saturated heterocycles. The van der Waals surface area contributed by atoms with Crippen LogP contribution < -0.4 is 21.3 Å². The van der Waals surface area contributed by atoms with Gasteiger partial charge < -0.3 is 30.9 Å². The fourth-order valence-corrected chi connectivity index (χ4v) is 7.26. The number of ketones is 1. The van der Waals surface area contributed by atoms with Crippen LogP contribution in [-0.4, -0.2) is 90.4 Å². The molecule has 6 atom stereocenters. The van der Waals surface area contributed by atoms with Crippen LogP contribution >= 0.6 is 0 Å². The van der Waals surface area contributed by atoms with Crippen LogP contribution in [0.4, 0.5) is 18.0 Å². The van der Waals surface area contributed by atoms with Gasteiger partial charge in [0.15, 0.2) is 0 Å². The summed E-state index contributed by atoms with van der Waals surface area (Å²) >= 11 is 0. The molecule has 278 valence electrons. The maximum absolute atomic E-state index is 14.4. The predicted octanol–water partition coefficient (Wildman–Crippen LogP) is 3.62. The zero-order chi connectivity index (χ0) is 37.3. The second kappa shape index (κ2) is 14.8. The molecule has 2 aliphatic carbocycles. The molecule has 15 heteroatoms. The number of amides is 5. The third kappa shape index (κ3) is 9.87. The molecule has 12 nitrogen and oxygen atoms in total. The molecule has 2 saturated carbocycles. The molecule has 49 heavy (non-hydrogen) atoms. The SMILES string of the molecule is CNC(=O)C(=O)C(CCC(F)(F)F)NC(=O)[C@@H]1[C@H]2CC(C)(C)[C@H]2CN1C(=O)[C@@H](NC(=O)N[C@H](C(=O)OC1CCCC1)C(C)(C)C)C(C)(C)C. The predicted molar refractivity (Wildman–Crippen MR) is 174 cm³/mol. The standard InChI is InChI=1S/C34H54F3N5O7/c1-31(2,3)24(40-30(48)41-25(32(4,5)6)29(47)49-18-12-10-11-13-18)28(46)42-17-20-19(16-33(20,7)8)22(42)26(44)39-21(14-15-34(35,36)37)23(43)27(45)38-9/h18-22,24-25H,10-17H2,1-9H3,(H,38,45)(H,39,44)(H2,40,41,48)/t19-,20-,21?,22-,24+,25+/m0/s1. The summed E-state index contributed by atoms with van der Waals surface area (Å²) in [5, 5.41) is 9.85. The summed E-state index contributed by atoms with van der Waals surface area (Å²) in [5.41, 5.74) is -1.88. The van der Waals surface area contributed by atoms with E-state index >= 15 is 0 Å². The number of rotatable bonds is 11. The number of ether oxygens (including phenoxy) is 1. The van der Waals surface area contributed by atoms with E-state index in [2.05, 4.69) is 21.3 Å². The minimum Gasteiger partial charge on any atom is -0.461 e. The number of likely N-dealkylation sites (N-methyl/N-ethyl adjacent to an activating group) is 1. The van der Waals surface area contributed by atoms with E-state index in [-0.39, 0.29) is 29.9 Å². The molecule has 0 bridgehead atoms. The van der Waals surface area contributed by atoms with Crippen molar-refractivity contribution in [2.45, 2.75) is 137 Å². The van der Waals surface area contributed by atoms with E-state index in [0.717, 1.165) is 32.7 Å². The lowest BCUT2D eigenvalue weighted by Crippen LogP contribution is -2.62. The molecule has 3 rings (SSSR count). The van der Waals surface area contributed by atoms with Crippen LogP contribution in [-0.2, 0) is 28.7 Å². The molecule has 4 N–H and O–H groups in total. The van der Waals surface area contributed by atoms with Gasteiger partial charge in [0.05, 0.1) is 6.04 Å². The Morgan fingerprint density at radius 2 is 1.43 bits per heavy atom. The van der Waals surface area contributed by atoms with Crippen LogP contribution in [0.3, 0.4) is 0 Å². The number of likely N-dealkylation sites (tertiary alicyclic amines) is 1. The van der Waals surface area contributed by atoms with Crippen molar-refractivity contribution < 1.29 is 46.7 Å². The van der Waals surface area contributed by atoms with Gasteiger partial charge in [-0.15, -0.1) is 0 Å². The average Bonchev–Trinajstić information content (AvgIpc) is 3.60. The van der Waals surface area contributed by atoms with Gasteiger partial charge in [-0.2, -0.15) is 13.2 Å². The summed E-state index contributed by atoms with van der Waals surface area (Å²) in [7, 11) is 1.15. The van der Waals surface area contributed by atoms with E-state index in [1.54, 1.807) is 41.5 Å². The zero-order valence-corrected chi connectivity index (χ0v) is 30.1. The van der Waals surface area contributed by atoms with Crippen molar-refractivity contribution >= 4 is 35.5 Å². The molecule has 3 aliphatic rings. The Kier molecular flexibility index (Phi) is 12.1. The van der Waals surface area contributed by atoms with Crippen molar-refractivity contribution in [3.05, 3.63) is 0 Å². The van der Waals surface area contributed by atoms with E-state index < -0.39 is 89.5 Å². The highest BCUT2D eigenvalue weighted by molar-refractivity contribution is 6.38. The van der Waals surface area contributed by atoms with Crippen molar-refractivity contribution in [2.24, 2.45) is 28.1 Å². The molecule has 5 amide bonds. The molecule has 3 fully saturated rings. The number of hydrogen-bond acceptors (Lipinski definition) is 7. The normalized spacial score (nSPS) is 24.1. The number of carbonyl (C=O) groups is 6. The van der Waals surface area contributed by atoms with E-state index in [4.69, 9.17) is 4.74 Å². The highest BCUT2D eigenvalue weighted by Gasteiger charge is 2.61. The first-order valence-electron chi connectivity index (χ1n) is 17.1. The van der Waals surface area contributed by atoms with Gasteiger partial charge in [-0.3, -0.25) is 19.2 Å². The summed E-state index contributed by atoms with van der Waals surface area (Å²) < 4.78 is 45.0. The van der Waals surface area contributed by atoms with Crippen LogP contribution in [0.1, 0.15) is 100 Å². The summed E-state index contributed by atoms with van der Waals surface area (Å²) in [6.07, 6.45) is -3.19. The summed E-state index contributed by atoms with van der Waals surface area (Å²) in [5.74, 6) is -4.90. The quantitative estimate of drug-likeness (QED) is 0.189. The first-order valence-corrected chi connectivity index (χ1v) is 17.1. The molecular weight excluding hydrogens is 647 g/mol. The third-order valence-electron chi connectivity index (χ3n) is 10.1. The van der Waals surface area contributed by atoms with Crippen molar-refractivity contribution in [2.75, 3.05) is 13.6 Å². The van der Waals surface area contributed by atoms with E-state index in [0.29, 0.717) is 6.42 Å². The minimum atomic E-state index is -4.64. The summed E-state index contributed by atoms with van der Waals surface area (Å²) in [6, 6.07) is -5.93. The van der Waals surface area contributed by atoms with E-state index in [1.807, 2.05) is 13.8 Å². The molecule has 1 aliphatic heterocycles. The van der Waals surface area contributed by atoms with Crippen molar-refractivity contribution in [3.63, 3.8) is 0 Å². The average molecular weight is 702 g/mol. The van der Waals surface area contributed by atoms with Crippen LogP contribution in [0.25, 0.3) is 0 Å². The van der Waals surface area contributed by atoms with Crippen LogP contribution in [0.15, 0.2) is 0 Å². The largest absolute Gasteiger partial charge is 0.461 e. The Labute approximate surface area is 286 Å². The molecule has 0 aromatic carbocycles. The number of esters is 1. The molecule has 1 heterocycles. The Bertz CT molecular complexity index is 1280. The lowest BCUT2D eigenvalue weighted by Gasteiger charge is -2.48. The van der Waals surface area contributed by atoms with Gasteiger partial charge in [-0.1, -0.05) is 55.4 Å².